The van der Waals surface area contributed by atoms with E-state index in [1.807, 2.05) is 23.1 Å². The summed E-state index contributed by atoms with van der Waals surface area (Å²) >= 11 is 0. The number of anilines is 1. The van der Waals surface area contributed by atoms with Crippen molar-refractivity contribution in [3.8, 4) is 5.75 Å². The summed E-state index contributed by atoms with van der Waals surface area (Å²) in [6, 6.07) is 16.4. The molecule has 0 aromatic heterocycles. The lowest BCUT2D eigenvalue weighted by Crippen LogP contribution is -2.49. The van der Waals surface area contributed by atoms with Gasteiger partial charge in [-0.15, -0.1) is 0 Å². The number of hydrogen-bond donors (Lipinski definition) is 1. The maximum absolute atomic E-state index is 12.5. The molecular formula is C26H33N3O3. The molecule has 0 bridgehead atoms. The Labute approximate surface area is 190 Å². The third-order valence-corrected chi connectivity index (χ3v) is 6.31. The summed E-state index contributed by atoms with van der Waals surface area (Å²) in [5.41, 5.74) is 3.38. The van der Waals surface area contributed by atoms with Gasteiger partial charge in [0.25, 0.3) is 0 Å². The Balaban J connectivity index is 1.09. The Morgan fingerprint density at radius 2 is 1.78 bits per heavy atom. The lowest BCUT2D eigenvalue weighted by Gasteiger charge is -2.34. The molecule has 2 aromatic rings. The number of nitrogens with one attached hydrogen (secondary N) is 1. The average molecular weight is 436 g/mol. The highest BCUT2D eigenvalue weighted by Gasteiger charge is 2.20. The third kappa shape index (κ3) is 6.33. The van der Waals surface area contributed by atoms with E-state index in [-0.39, 0.29) is 11.8 Å². The first-order valence-corrected chi connectivity index (χ1v) is 11.8. The zero-order chi connectivity index (χ0) is 22.2. The predicted octanol–water partition coefficient (Wildman–Crippen LogP) is 3.51. The normalized spacial score (nSPS) is 16.4. The molecule has 0 atom stereocenters. The van der Waals surface area contributed by atoms with Gasteiger partial charge in [-0.25, -0.2) is 0 Å². The van der Waals surface area contributed by atoms with Crippen LogP contribution in [0.3, 0.4) is 0 Å². The average Bonchev–Trinajstić information content (AvgIpc) is 2.83. The number of fused-ring (bicyclic) bond motifs is 1. The Bertz CT molecular complexity index is 908. The Hall–Kier alpha value is -2.86. The first-order valence-electron chi connectivity index (χ1n) is 11.8. The fourth-order valence-corrected chi connectivity index (χ4v) is 4.33. The number of nitrogens with zero attached hydrogens (tertiary/aromatic N) is 2. The molecule has 170 valence electrons. The minimum atomic E-state index is 0.0735. The van der Waals surface area contributed by atoms with Crippen LogP contribution < -0.4 is 10.1 Å². The Morgan fingerprint density at radius 3 is 2.59 bits per heavy atom. The van der Waals surface area contributed by atoms with Crippen LogP contribution in [0.2, 0.25) is 0 Å². The molecule has 1 N–H and O–H groups in total. The van der Waals surface area contributed by atoms with E-state index in [4.69, 9.17) is 4.74 Å². The van der Waals surface area contributed by atoms with E-state index in [0.717, 1.165) is 75.4 Å². The van der Waals surface area contributed by atoms with E-state index >= 15 is 0 Å². The van der Waals surface area contributed by atoms with Crippen LogP contribution in [0.15, 0.2) is 48.5 Å². The van der Waals surface area contributed by atoms with Gasteiger partial charge in [-0.1, -0.05) is 30.3 Å². The number of hydrogen-bond acceptors (Lipinski definition) is 4. The first kappa shape index (κ1) is 22.3. The van der Waals surface area contributed by atoms with Crippen LogP contribution in [-0.4, -0.2) is 60.9 Å². The zero-order valence-electron chi connectivity index (χ0n) is 18.7. The molecule has 0 aliphatic carbocycles. The van der Waals surface area contributed by atoms with Gasteiger partial charge < -0.3 is 15.0 Å². The Kier molecular flexibility index (Phi) is 7.77. The topological polar surface area (TPSA) is 61.9 Å². The molecule has 0 radical (unpaired) electrons. The van der Waals surface area contributed by atoms with Crippen molar-refractivity contribution in [1.82, 2.24) is 9.80 Å². The molecule has 2 aromatic carbocycles. The standard InChI is InChI=1S/C26H33N3O3/c30-25-12-9-22-20-23(10-11-24(22)27-25)32-19-5-4-8-26(31)29-17-15-28(16-18-29)14-13-21-6-2-1-3-7-21/h1-3,6-7,10-11,20H,4-5,8-9,12-19H2,(H,27,30). The molecule has 2 aliphatic rings. The summed E-state index contributed by atoms with van der Waals surface area (Å²) in [5.74, 6) is 1.17. The molecule has 1 saturated heterocycles. The van der Waals surface area contributed by atoms with Crippen molar-refractivity contribution in [2.45, 2.75) is 38.5 Å². The highest BCUT2D eigenvalue weighted by molar-refractivity contribution is 5.94. The summed E-state index contributed by atoms with van der Waals surface area (Å²) in [6.07, 6.45) is 4.63. The van der Waals surface area contributed by atoms with Crippen molar-refractivity contribution in [2.75, 3.05) is 44.6 Å². The number of amides is 2. The molecular weight excluding hydrogens is 402 g/mol. The molecule has 6 nitrogen and oxygen atoms in total. The predicted molar refractivity (Wildman–Crippen MR) is 126 cm³/mol. The van der Waals surface area contributed by atoms with Gasteiger partial charge in [-0.05, 0) is 55.0 Å². The van der Waals surface area contributed by atoms with Crippen molar-refractivity contribution in [1.29, 1.82) is 0 Å². The second-order valence-corrected chi connectivity index (χ2v) is 8.63. The van der Waals surface area contributed by atoms with Gasteiger partial charge >= 0.3 is 0 Å². The number of aryl methyl sites for hydroxylation is 1. The van der Waals surface area contributed by atoms with Gasteiger partial charge in [0.1, 0.15) is 5.75 Å². The third-order valence-electron chi connectivity index (χ3n) is 6.31. The molecule has 1 fully saturated rings. The lowest BCUT2D eigenvalue weighted by atomic mass is 10.0. The van der Waals surface area contributed by atoms with E-state index in [1.54, 1.807) is 0 Å². The minimum absolute atomic E-state index is 0.0735. The number of piperazine rings is 1. The van der Waals surface area contributed by atoms with Crippen LogP contribution in [0.5, 0.6) is 5.75 Å². The lowest BCUT2D eigenvalue weighted by molar-refractivity contribution is -0.133. The summed E-state index contributed by atoms with van der Waals surface area (Å²) in [5, 5.41) is 2.88. The summed E-state index contributed by atoms with van der Waals surface area (Å²) in [7, 11) is 0. The van der Waals surface area contributed by atoms with Gasteiger partial charge in [0, 0.05) is 51.3 Å². The fourth-order valence-electron chi connectivity index (χ4n) is 4.33. The van der Waals surface area contributed by atoms with Crippen molar-refractivity contribution in [3.63, 3.8) is 0 Å². The van der Waals surface area contributed by atoms with Gasteiger partial charge in [-0.3, -0.25) is 14.5 Å². The minimum Gasteiger partial charge on any atom is -0.494 e. The maximum atomic E-state index is 12.5. The van der Waals surface area contributed by atoms with Crippen LogP contribution in [0.25, 0.3) is 0 Å². The van der Waals surface area contributed by atoms with Crippen LogP contribution >= 0.6 is 0 Å². The summed E-state index contributed by atoms with van der Waals surface area (Å²) in [6.45, 7) is 5.23. The smallest absolute Gasteiger partial charge is 0.224 e. The Morgan fingerprint density at radius 1 is 0.969 bits per heavy atom. The first-order chi connectivity index (χ1) is 15.7. The number of ether oxygens (including phenoxy) is 1. The van der Waals surface area contributed by atoms with Crippen molar-refractivity contribution < 1.29 is 14.3 Å². The van der Waals surface area contributed by atoms with E-state index < -0.39 is 0 Å². The highest BCUT2D eigenvalue weighted by Crippen LogP contribution is 2.26. The van der Waals surface area contributed by atoms with E-state index in [0.29, 0.717) is 19.4 Å². The van der Waals surface area contributed by atoms with Gasteiger partial charge in [0.2, 0.25) is 11.8 Å². The number of rotatable bonds is 9. The van der Waals surface area contributed by atoms with Gasteiger partial charge in [-0.2, -0.15) is 0 Å². The SMILES string of the molecule is O=C1CCc2cc(OCCCCC(=O)N3CCN(CCc4ccccc4)CC3)ccc2N1. The van der Waals surface area contributed by atoms with Crippen LogP contribution in [0, 0.1) is 0 Å². The molecule has 4 rings (SSSR count). The molecule has 0 unspecified atom stereocenters. The number of benzene rings is 2. The van der Waals surface area contributed by atoms with Crippen molar-refractivity contribution >= 4 is 17.5 Å². The molecule has 2 aliphatic heterocycles. The van der Waals surface area contributed by atoms with Crippen LogP contribution in [-0.2, 0) is 22.4 Å². The summed E-state index contributed by atoms with van der Waals surface area (Å²) in [4.78, 5) is 28.4. The van der Waals surface area contributed by atoms with Crippen LogP contribution in [0.4, 0.5) is 5.69 Å². The second-order valence-electron chi connectivity index (χ2n) is 8.63. The quantitative estimate of drug-likeness (QED) is 0.613. The second kappa shape index (κ2) is 11.1. The maximum Gasteiger partial charge on any atom is 0.224 e. The fraction of sp³-hybridized carbons (Fsp3) is 0.462. The van der Waals surface area contributed by atoms with Gasteiger partial charge in [0.15, 0.2) is 0 Å². The van der Waals surface area contributed by atoms with E-state index in [2.05, 4.69) is 40.5 Å². The molecule has 2 amide bonds. The van der Waals surface area contributed by atoms with Crippen LogP contribution in [0.1, 0.15) is 36.8 Å². The van der Waals surface area contributed by atoms with Crippen molar-refractivity contribution in [2.24, 2.45) is 0 Å². The highest BCUT2D eigenvalue weighted by atomic mass is 16.5. The van der Waals surface area contributed by atoms with E-state index in [1.165, 1.54) is 5.56 Å². The molecule has 0 spiro atoms. The van der Waals surface area contributed by atoms with Crippen molar-refractivity contribution in [3.05, 3.63) is 59.7 Å². The summed E-state index contributed by atoms with van der Waals surface area (Å²) < 4.78 is 5.86. The molecule has 2 heterocycles. The molecule has 0 saturated carbocycles. The number of carbonyl (C=O) groups is 2. The van der Waals surface area contributed by atoms with E-state index in [9.17, 15) is 9.59 Å². The largest absolute Gasteiger partial charge is 0.494 e. The van der Waals surface area contributed by atoms with Gasteiger partial charge in [0.05, 0.1) is 6.61 Å². The molecule has 6 heteroatoms. The monoisotopic (exact) mass is 435 g/mol. The molecule has 32 heavy (non-hydrogen) atoms. The number of carbonyl (C=O) groups excluding carboxylic acids is 2. The number of unbranched alkanes of at least 4 members (excludes halogenated alkanes) is 1. The zero-order valence-corrected chi connectivity index (χ0v) is 18.7.